The molecule has 0 bridgehead atoms. The van der Waals surface area contributed by atoms with Crippen LogP contribution in [0.15, 0.2) is 18.2 Å². The molecule has 8 heteroatoms. The molecule has 0 spiro atoms. The van der Waals surface area contributed by atoms with Gasteiger partial charge in [-0.25, -0.2) is 0 Å². The van der Waals surface area contributed by atoms with E-state index in [2.05, 4.69) is 10.6 Å². The highest BCUT2D eigenvalue weighted by Gasteiger charge is 2.29. The molecule has 112 valence electrons. The molecule has 1 aromatic carbocycles. The van der Waals surface area contributed by atoms with Gasteiger partial charge in [-0.1, -0.05) is 6.07 Å². The molecule has 2 rings (SSSR count). The van der Waals surface area contributed by atoms with Crippen LogP contribution in [0.4, 0.5) is 11.4 Å². The highest BCUT2D eigenvalue weighted by Crippen LogP contribution is 2.28. The van der Waals surface area contributed by atoms with E-state index in [1.165, 1.54) is 18.2 Å². The zero-order chi connectivity index (χ0) is 15.4. The van der Waals surface area contributed by atoms with Crippen LogP contribution < -0.4 is 16.4 Å². The summed E-state index contributed by atoms with van der Waals surface area (Å²) in [4.78, 5) is 33.4. The van der Waals surface area contributed by atoms with Gasteiger partial charge in [0.1, 0.15) is 5.69 Å². The van der Waals surface area contributed by atoms with Gasteiger partial charge in [0.15, 0.2) is 0 Å². The topological polar surface area (TPSA) is 127 Å². The fourth-order valence-electron chi connectivity index (χ4n) is 1.86. The number of benzene rings is 1. The van der Waals surface area contributed by atoms with Crippen LogP contribution in [0.3, 0.4) is 0 Å². The van der Waals surface area contributed by atoms with E-state index in [0.717, 1.165) is 12.8 Å². The number of nitro groups is 1. The lowest BCUT2D eigenvalue weighted by Crippen LogP contribution is -2.35. The molecule has 0 saturated heterocycles. The predicted octanol–water partition coefficient (Wildman–Crippen LogP) is 0.433. The van der Waals surface area contributed by atoms with Gasteiger partial charge in [-0.3, -0.25) is 19.7 Å². The maximum Gasteiger partial charge on any atom is 0.292 e. The third-order valence-electron chi connectivity index (χ3n) is 3.18. The number of hydrogen-bond acceptors (Lipinski definition) is 5. The molecule has 4 N–H and O–H groups in total. The van der Waals surface area contributed by atoms with E-state index in [0.29, 0.717) is 6.54 Å². The van der Waals surface area contributed by atoms with Crippen molar-refractivity contribution in [2.45, 2.75) is 12.8 Å². The van der Waals surface area contributed by atoms with Gasteiger partial charge in [-0.15, -0.1) is 0 Å². The standard InChI is InChI=1S/C13H16N4O4/c14-11-9(2-1-3-10(11)17(20)21)13(19)16-7-6-15-12(18)8-4-5-8/h1-3,8H,4-7,14H2,(H,15,18)(H,16,19). The molecular weight excluding hydrogens is 276 g/mol. The van der Waals surface area contributed by atoms with Gasteiger partial charge in [-0.05, 0) is 18.9 Å². The molecule has 0 radical (unpaired) electrons. The lowest BCUT2D eigenvalue weighted by atomic mass is 10.1. The molecule has 1 fully saturated rings. The minimum Gasteiger partial charge on any atom is -0.393 e. The molecular formula is C13H16N4O4. The molecule has 0 aliphatic heterocycles. The van der Waals surface area contributed by atoms with Crippen LogP contribution in [0.2, 0.25) is 0 Å². The maximum absolute atomic E-state index is 11.9. The van der Waals surface area contributed by atoms with Crippen LogP contribution >= 0.6 is 0 Å². The number of anilines is 1. The Morgan fingerprint density at radius 2 is 1.95 bits per heavy atom. The predicted molar refractivity (Wildman–Crippen MR) is 75.6 cm³/mol. The summed E-state index contributed by atoms with van der Waals surface area (Å²) in [7, 11) is 0. The van der Waals surface area contributed by atoms with Crippen LogP contribution in [0.1, 0.15) is 23.2 Å². The van der Waals surface area contributed by atoms with Gasteiger partial charge >= 0.3 is 0 Å². The van der Waals surface area contributed by atoms with E-state index in [4.69, 9.17) is 5.73 Å². The third-order valence-corrected chi connectivity index (χ3v) is 3.18. The minimum atomic E-state index is -0.637. The zero-order valence-corrected chi connectivity index (χ0v) is 11.3. The van der Waals surface area contributed by atoms with E-state index < -0.39 is 10.8 Å². The zero-order valence-electron chi connectivity index (χ0n) is 11.3. The van der Waals surface area contributed by atoms with E-state index in [1.54, 1.807) is 0 Å². The molecule has 0 heterocycles. The van der Waals surface area contributed by atoms with E-state index >= 15 is 0 Å². The van der Waals surface area contributed by atoms with Crippen molar-refractivity contribution in [2.24, 2.45) is 5.92 Å². The first-order chi connectivity index (χ1) is 10.0. The lowest BCUT2D eigenvalue weighted by Gasteiger charge is -2.08. The number of nitrogens with two attached hydrogens (primary N) is 1. The second kappa shape index (κ2) is 6.21. The van der Waals surface area contributed by atoms with Crippen molar-refractivity contribution in [3.63, 3.8) is 0 Å². The Bertz CT molecular complexity index is 584. The normalized spacial score (nSPS) is 13.5. The Kier molecular flexibility index (Phi) is 4.36. The number of nitro benzene ring substituents is 1. The van der Waals surface area contributed by atoms with Gasteiger partial charge in [0.25, 0.3) is 11.6 Å². The molecule has 21 heavy (non-hydrogen) atoms. The highest BCUT2D eigenvalue weighted by atomic mass is 16.6. The van der Waals surface area contributed by atoms with Crippen LogP contribution in [0.25, 0.3) is 0 Å². The van der Waals surface area contributed by atoms with Crippen molar-refractivity contribution in [1.82, 2.24) is 10.6 Å². The minimum absolute atomic E-state index is 0.000822. The largest absolute Gasteiger partial charge is 0.393 e. The van der Waals surface area contributed by atoms with Crippen LogP contribution in [-0.4, -0.2) is 29.8 Å². The van der Waals surface area contributed by atoms with E-state index in [1.807, 2.05) is 0 Å². The Morgan fingerprint density at radius 3 is 2.57 bits per heavy atom. The summed E-state index contributed by atoms with van der Waals surface area (Å²) >= 11 is 0. The second-order valence-electron chi connectivity index (χ2n) is 4.82. The summed E-state index contributed by atoms with van der Waals surface area (Å²) in [5.41, 5.74) is 5.20. The number of rotatable bonds is 6. The number of nitrogen functional groups attached to an aromatic ring is 1. The highest BCUT2D eigenvalue weighted by molar-refractivity contribution is 6.01. The fraction of sp³-hybridized carbons (Fsp3) is 0.385. The number of para-hydroxylation sites is 1. The van der Waals surface area contributed by atoms with Crippen LogP contribution in [-0.2, 0) is 4.79 Å². The number of hydrogen-bond donors (Lipinski definition) is 3. The summed E-state index contributed by atoms with van der Waals surface area (Å²) < 4.78 is 0. The first-order valence-corrected chi connectivity index (χ1v) is 6.59. The molecule has 2 amide bonds. The summed E-state index contributed by atoms with van der Waals surface area (Å²) in [5.74, 6) is -0.385. The van der Waals surface area contributed by atoms with E-state index in [9.17, 15) is 19.7 Å². The first kappa shape index (κ1) is 14.8. The van der Waals surface area contributed by atoms with Crippen LogP contribution in [0.5, 0.6) is 0 Å². The quantitative estimate of drug-likeness (QED) is 0.303. The van der Waals surface area contributed by atoms with Gasteiger partial charge in [0.05, 0.1) is 10.5 Å². The molecule has 0 unspecified atom stereocenters. The molecule has 0 atom stereocenters. The van der Waals surface area contributed by atoms with Gasteiger partial charge in [0, 0.05) is 25.1 Å². The number of amides is 2. The Hall–Kier alpha value is -2.64. The summed E-state index contributed by atoms with van der Waals surface area (Å²) in [5, 5.41) is 16.0. The van der Waals surface area contributed by atoms with Crippen molar-refractivity contribution in [3.8, 4) is 0 Å². The number of carbonyl (C=O) groups excluding carboxylic acids is 2. The Labute approximate surface area is 120 Å². The number of nitrogens with zero attached hydrogens (tertiary/aromatic N) is 1. The van der Waals surface area contributed by atoms with Crippen molar-refractivity contribution in [1.29, 1.82) is 0 Å². The molecule has 1 saturated carbocycles. The molecule has 0 aromatic heterocycles. The maximum atomic E-state index is 11.9. The average molecular weight is 292 g/mol. The summed E-state index contributed by atoms with van der Waals surface area (Å²) in [6.07, 6.45) is 1.84. The van der Waals surface area contributed by atoms with Gasteiger partial charge in [-0.2, -0.15) is 0 Å². The lowest BCUT2D eigenvalue weighted by molar-refractivity contribution is -0.383. The van der Waals surface area contributed by atoms with Crippen molar-refractivity contribution < 1.29 is 14.5 Å². The average Bonchev–Trinajstić information content (AvgIpc) is 3.27. The Balaban J connectivity index is 1.86. The smallest absolute Gasteiger partial charge is 0.292 e. The fourth-order valence-corrected chi connectivity index (χ4v) is 1.86. The first-order valence-electron chi connectivity index (χ1n) is 6.59. The number of nitrogens with one attached hydrogen (secondary N) is 2. The Morgan fingerprint density at radius 1 is 1.29 bits per heavy atom. The SMILES string of the molecule is Nc1c(C(=O)NCCNC(=O)C2CC2)cccc1[N+](=O)[O-]. The third kappa shape index (κ3) is 3.68. The van der Waals surface area contributed by atoms with Gasteiger partial charge < -0.3 is 16.4 Å². The molecule has 1 aromatic rings. The second-order valence-corrected chi connectivity index (χ2v) is 4.82. The van der Waals surface area contributed by atoms with Crippen molar-refractivity contribution in [2.75, 3.05) is 18.8 Å². The molecule has 1 aliphatic rings. The van der Waals surface area contributed by atoms with Gasteiger partial charge in [0.2, 0.25) is 5.91 Å². The molecule has 1 aliphatic carbocycles. The number of carbonyl (C=O) groups is 2. The van der Waals surface area contributed by atoms with Crippen molar-refractivity contribution >= 4 is 23.2 Å². The van der Waals surface area contributed by atoms with Crippen molar-refractivity contribution in [3.05, 3.63) is 33.9 Å². The van der Waals surface area contributed by atoms with E-state index in [-0.39, 0.29) is 35.3 Å². The monoisotopic (exact) mass is 292 g/mol. The summed E-state index contributed by atoms with van der Waals surface area (Å²) in [6.45, 7) is 0.551. The summed E-state index contributed by atoms with van der Waals surface area (Å²) in [6, 6.07) is 4.06. The molecule has 8 nitrogen and oxygen atoms in total. The van der Waals surface area contributed by atoms with Crippen LogP contribution in [0, 0.1) is 16.0 Å².